The molecule has 0 radical (unpaired) electrons. The summed E-state index contributed by atoms with van der Waals surface area (Å²) in [5, 5.41) is 10.8. The van der Waals surface area contributed by atoms with Crippen molar-refractivity contribution in [3.63, 3.8) is 0 Å². The van der Waals surface area contributed by atoms with Gasteiger partial charge in [-0.05, 0) is 26.8 Å². The van der Waals surface area contributed by atoms with Gasteiger partial charge in [-0.1, -0.05) is 23.1 Å². The molecule has 0 fully saturated rings. The zero-order valence-electron chi connectivity index (χ0n) is 14.0. The second kappa shape index (κ2) is 9.33. The van der Waals surface area contributed by atoms with E-state index in [0.29, 0.717) is 27.5 Å². The second-order valence-corrected chi connectivity index (χ2v) is 7.17. The summed E-state index contributed by atoms with van der Waals surface area (Å²) in [6.07, 6.45) is 1.45. The largest absolute Gasteiger partial charge is 0.475 e. The molecule has 2 heterocycles. The van der Waals surface area contributed by atoms with Crippen molar-refractivity contribution >= 4 is 40.1 Å². The van der Waals surface area contributed by atoms with Crippen molar-refractivity contribution in [2.75, 3.05) is 17.7 Å². The predicted octanol–water partition coefficient (Wildman–Crippen LogP) is 2.63. The predicted molar refractivity (Wildman–Crippen MR) is 95.2 cm³/mol. The average Bonchev–Trinajstić information content (AvgIpc) is 3.01. The van der Waals surface area contributed by atoms with Crippen molar-refractivity contribution in [3.8, 4) is 5.88 Å². The fraction of sp³-hybridized carbons (Fsp3) is 0.400. The third-order valence-electron chi connectivity index (χ3n) is 2.60. The highest BCUT2D eigenvalue weighted by Crippen LogP contribution is 2.25. The molecule has 0 atom stereocenters. The fourth-order valence-electron chi connectivity index (χ4n) is 1.64. The number of thioether (sulfide) groups is 1. The number of carbonyl (C=O) groups is 2. The number of hydrogen-bond donors (Lipinski definition) is 1. The van der Waals surface area contributed by atoms with Crippen molar-refractivity contribution in [3.05, 3.63) is 23.9 Å². The molecule has 0 aliphatic carbocycles. The molecule has 0 spiro atoms. The molecule has 0 unspecified atom stereocenters. The first-order valence-electron chi connectivity index (χ1n) is 7.54. The summed E-state index contributed by atoms with van der Waals surface area (Å²) in [5.74, 6) is -0.0534. The van der Waals surface area contributed by atoms with Crippen LogP contribution in [0.3, 0.4) is 0 Å². The van der Waals surface area contributed by atoms with Crippen LogP contribution in [-0.4, -0.2) is 45.5 Å². The Morgan fingerprint density at radius 1 is 1.32 bits per heavy atom. The zero-order valence-corrected chi connectivity index (χ0v) is 15.6. The molecule has 2 rings (SSSR count). The van der Waals surface area contributed by atoms with Gasteiger partial charge >= 0.3 is 5.97 Å². The normalized spacial score (nSPS) is 10.6. The van der Waals surface area contributed by atoms with E-state index in [9.17, 15) is 9.59 Å². The van der Waals surface area contributed by atoms with Gasteiger partial charge in [0.15, 0.2) is 4.34 Å². The molecule has 0 aromatic carbocycles. The number of aromatic nitrogens is 3. The zero-order chi connectivity index (χ0) is 18.2. The number of amides is 1. The monoisotopic (exact) mass is 382 g/mol. The minimum absolute atomic E-state index is 0.0131. The highest BCUT2D eigenvalue weighted by atomic mass is 32.2. The number of esters is 1. The lowest BCUT2D eigenvalue weighted by Gasteiger charge is -2.08. The Labute approximate surface area is 153 Å². The van der Waals surface area contributed by atoms with Crippen molar-refractivity contribution in [1.29, 1.82) is 0 Å². The van der Waals surface area contributed by atoms with Gasteiger partial charge < -0.3 is 9.47 Å². The molecular weight excluding hydrogens is 364 g/mol. The lowest BCUT2D eigenvalue weighted by Crippen LogP contribution is -2.12. The lowest BCUT2D eigenvalue weighted by atomic mass is 10.3. The van der Waals surface area contributed by atoms with E-state index in [1.165, 1.54) is 29.3 Å². The van der Waals surface area contributed by atoms with Gasteiger partial charge in [-0.3, -0.25) is 14.9 Å². The number of anilines is 1. The van der Waals surface area contributed by atoms with Crippen LogP contribution in [0.25, 0.3) is 0 Å². The molecule has 0 aliphatic rings. The van der Waals surface area contributed by atoms with Crippen LogP contribution in [0.2, 0.25) is 0 Å². The molecule has 0 saturated heterocycles. The van der Waals surface area contributed by atoms with Crippen LogP contribution in [0.1, 0.15) is 31.1 Å². The van der Waals surface area contributed by atoms with Crippen LogP contribution < -0.4 is 10.1 Å². The van der Waals surface area contributed by atoms with E-state index in [-0.39, 0.29) is 23.7 Å². The summed E-state index contributed by atoms with van der Waals surface area (Å²) in [7, 11) is 0. The van der Waals surface area contributed by atoms with Crippen LogP contribution in [0.5, 0.6) is 5.88 Å². The van der Waals surface area contributed by atoms with Crippen molar-refractivity contribution < 1.29 is 19.1 Å². The quantitative estimate of drug-likeness (QED) is 0.422. The van der Waals surface area contributed by atoms with Crippen LogP contribution in [0.15, 0.2) is 22.7 Å². The van der Waals surface area contributed by atoms with Gasteiger partial charge in [0, 0.05) is 12.3 Å². The number of hydrogen-bond acceptors (Lipinski definition) is 9. The van der Waals surface area contributed by atoms with E-state index in [1.807, 2.05) is 13.8 Å². The highest BCUT2D eigenvalue weighted by Gasteiger charge is 2.13. The first kappa shape index (κ1) is 19.1. The highest BCUT2D eigenvalue weighted by molar-refractivity contribution is 8.01. The van der Waals surface area contributed by atoms with Gasteiger partial charge in [0.25, 0.3) is 5.91 Å². The number of ether oxygens (including phenoxy) is 2. The van der Waals surface area contributed by atoms with E-state index in [4.69, 9.17) is 9.47 Å². The van der Waals surface area contributed by atoms with Gasteiger partial charge in [-0.15, -0.1) is 10.2 Å². The first-order valence-corrected chi connectivity index (χ1v) is 9.34. The minimum Gasteiger partial charge on any atom is -0.475 e. The number of rotatable bonds is 8. The second-order valence-electron chi connectivity index (χ2n) is 4.97. The summed E-state index contributed by atoms with van der Waals surface area (Å²) in [4.78, 5) is 27.6. The molecule has 1 amide bonds. The van der Waals surface area contributed by atoms with Crippen molar-refractivity contribution in [1.82, 2.24) is 15.2 Å². The molecule has 25 heavy (non-hydrogen) atoms. The molecule has 2 aromatic rings. The van der Waals surface area contributed by atoms with E-state index in [2.05, 4.69) is 20.5 Å². The van der Waals surface area contributed by atoms with E-state index in [1.54, 1.807) is 19.1 Å². The van der Waals surface area contributed by atoms with Crippen molar-refractivity contribution in [2.24, 2.45) is 0 Å². The molecule has 0 bridgehead atoms. The van der Waals surface area contributed by atoms with E-state index in [0.717, 1.165) is 0 Å². The topological polar surface area (TPSA) is 103 Å². The standard InChI is InChI=1S/C15H18N4O4S2/c1-4-22-12(20)8-24-15-19-18-14(25-15)17-13(21)10-5-6-11(16-7-10)23-9(2)3/h5-7,9H,4,8H2,1-3H3,(H,17,18,21). The van der Waals surface area contributed by atoms with Crippen LogP contribution >= 0.6 is 23.1 Å². The number of pyridine rings is 1. The summed E-state index contributed by atoms with van der Waals surface area (Å²) >= 11 is 2.39. The number of nitrogens with one attached hydrogen (secondary N) is 1. The molecule has 1 N–H and O–H groups in total. The van der Waals surface area contributed by atoms with Crippen LogP contribution in [-0.2, 0) is 9.53 Å². The third kappa shape index (κ3) is 6.31. The maximum absolute atomic E-state index is 12.2. The SMILES string of the molecule is CCOC(=O)CSc1nnc(NC(=O)c2ccc(OC(C)C)nc2)s1. The Kier molecular flexibility index (Phi) is 7.14. The Morgan fingerprint density at radius 2 is 2.12 bits per heavy atom. The molecule has 134 valence electrons. The summed E-state index contributed by atoms with van der Waals surface area (Å²) in [5.41, 5.74) is 0.382. The number of nitrogens with zero attached hydrogens (tertiary/aromatic N) is 3. The lowest BCUT2D eigenvalue weighted by molar-refractivity contribution is -0.139. The van der Waals surface area contributed by atoms with Crippen LogP contribution in [0, 0.1) is 0 Å². The van der Waals surface area contributed by atoms with Gasteiger partial charge in [-0.2, -0.15) is 0 Å². The molecule has 10 heteroatoms. The molecule has 2 aromatic heterocycles. The third-order valence-corrected chi connectivity index (χ3v) is 4.55. The Bertz CT molecular complexity index is 719. The fourth-order valence-corrected chi connectivity index (χ4v) is 3.18. The summed E-state index contributed by atoms with van der Waals surface area (Å²) < 4.78 is 10.8. The maximum Gasteiger partial charge on any atom is 0.316 e. The molecule has 0 saturated carbocycles. The number of carbonyl (C=O) groups excluding carboxylic acids is 2. The van der Waals surface area contributed by atoms with E-state index < -0.39 is 0 Å². The van der Waals surface area contributed by atoms with Crippen LogP contribution in [0.4, 0.5) is 5.13 Å². The average molecular weight is 382 g/mol. The summed E-state index contributed by atoms with van der Waals surface area (Å²) in [6, 6.07) is 3.26. The maximum atomic E-state index is 12.2. The first-order chi connectivity index (χ1) is 12.0. The van der Waals surface area contributed by atoms with E-state index >= 15 is 0 Å². The smallest absolute Gasteiger partial charge is 0.316 e. The van der Waals surface area contributed by atoms with Crippen molar-refractivity contribution in [2.45, 2.75) is 31.2 Å². The Morgan fingerprint density at radius 3 is 2.76 bits per heavy atom. The molecule has 0 aliphatic heterocycles. The van der Waals surface area contributed by atoms with Gasteiger partial charge in [0.1, 0.15) is 0 Å². The Hall–Kier alpha value is -2.20. The Balaban J connectivity index is 1.89. The summed E-state index contributed by atoms with van der Waals surface area (Å²) in [6.45, 7) is 5.88. The molecule has 8 nitrogen and oxygen atoms in total. The minimum atomic E-state index is -0.346. The van der Waals surface area contributed by atoms with Gasteiger partial charge in [0.05, 0.1) is 24.0 Å². The van der Waals surface area contributed by atoms with Gasteiger partial charge in [0.2, 0.25) is 11.0 Å². The molecular formula is C15H18N4O4S2. The van der Waals surface area contributed by atoms with Gasteiger partial charge in [-0.25, -0.2) is 4.98 Å².